The summed E-state index contributed by atoms with van der Waals surface area (Å²) in [5, 5.41) is 7.53. The van der Waals surface area contributed by atoms with Gasteiger partial charge in [-0.15, -0.1) is 0 Å². The number of halogens is 3. The first-order chi connectivity index (χ1) is 16.0. The fraction of sp³-hybridized carbons (Fsp3) is 0.360. The largest absolute Gasteiger partial charge is 0.381 e. The number of aromatic nitrogens is 2. The quantitative estimate of drug-likeness (QED) is 0.618. The normalized spacial score (nSPS) is 18.3. The molecule has 2 aliphatic rings. The standard InChI is InChI=1S/C25H24F3N3O2/c26-17-3-1-2-15(13-17)12-16-4-6-20-23(25(32)29-19-8-10-33-11-9-19)30-31(24(16)20)22-7-5-18(27)14-21(22)28/h1-3,5,7,13-14,16,19H,4,6,8-12H2,(H,29,32). The zero-order chi connectivity index (χ0) is 22.9. The van der Waals surface area contributed by atoms with Crippen LogP contribution < -0.4 is 5.32 Å². The molecule has 1 fully saturated rings. The first-order valence-electron chi connectivity index (χ1n) is 11.2. The number of benzene rings is 2. The lowest BCUT2D eigenvalue weighted by atomic mass is 9.97. The molecule has 2 aromatic carbocycles. The average Bonchev–Trinajstić information content (AvgIpc) is 3.36. The molecule has 2 heterocycles. The molecule has 1 amide bonds. The van der Waals surface area contributed by atoms with Crippen LogP contribution in [0.3, 0.4) is 0 Å². The van der Waals surface area contributed by atoms with E-state index < -0.39 is 11.6 Å². The van der Waals surface area contributed by atoms with E-state index in [9.17, 15) is 18.0 Å². The highest BCUT2D eigenvalue weighted by atomic mass is 19.1. The molecule has 1 aliphatic heterocycles. The molecule has 0 radical (unpaired) electrons. The number of amides is 1. The van der Waals surface area contributed by atoms with Crippen molar-refractivity contribution in [2.45, 2.75) is 44.1 Å². The van der Waals surface area contributed by atoms with Gasteiger partial charge in [-0.3, -0.25) is 4.79 Å². The van der Waals surface area contributed by atoms with Crippen LogP contribution in [0.15, 0.2) is 42.5 Å². The van der Waals surface area contributed by atoms with Gasteiger partial charge in [-0.25, -0.2) is 17.9 Å². The maximum Gasteiger partial charge on any atom is 0.272 e. The van der Waals surface area contributed by atoms with Crippen molar-refractivity contribution in [1.82, 2.24) is 15.1 Å². The molecule has 1 N–H and O–H groups in total. The fourth-order valence-corrected chi connectivity index (χ4v) is 4.85. The Hall–Kier alpha value is -3.13. The summed E-state index contributed by atoms with van der Waals surface area (Å²) in [4.78, 5) is 13.1. The molecule has 1 aromatic heterocycles. The number of hydrogen-bond donors (Lipinski definition) is 1. The monoisotopic (exact) mass is 455 g/mol. The number of hydrogen-bond acceptors (Lipinski definition) is 3. The maximum absolute atomic E-state index is 14.7. The van der Waals surface area contributed by atoms with Crippen LogP contribution in [0.1, 0.15) is 52.5 Å². The molecule has 1 unspecified atom stereocenters. The predicted octanol–water partition coefficient (Wildman–Crippen LogP) is 4.47. The van der Waals surface area contributed by atoms with E-state index in [1.165, 1.54) is 28.9 Å². The van der Waals surface area contributed by atoms with Crippen LogP contribution in [-0.4, -0.2) is 34.9 Å². The summed E-state index contributed by atoms with van der Waals surface area (Å²) in [6.45, 7) is 1.18. The highest BCUT2D eigenvalue weighted by Gasteiger charge is 2.35. The SMILES string of the molecule is O=C(NC1CCOCC1)c1nn(-c2ccc(F)cc2F)c2c1CCC2Cc1cccc(F)c1. The topological polar surface area (TPSA) is 56.1 Å². The molecule has 0 spiro atoms. The van der Waals surface area contributed by atoms with Gasteiger partial charge in [0.05, 0.1) is 5.69 Å². The van der Waals surface area contributed by atoms with Crippen LogP contribution in [-0.2, 0) is 17.6 Å². The van der Waals surface area contributed by atoms with E-state index in [0.29, 0.717) is 26.1 Å². The third-order valence-corrected chi connectivity index (χ3v) is 6.43. The third kappa shape index (κ3) is 4.39. The molecule has 0 saturated carbocycles. The first-order valence-corrected chi connectivity index (χ1v) is 11.2. The Morgan fingerprint density at radius 3 is 2.61 bits per heavy atom. The van der Waals surface area contributed by atoms with Gasteiger partial charge in [-0.05, 0) is 61.9 Å². The molecule has 8 heteroatoms. The van der Waals surface area contributed by atoms with E-state index >= 15 is 0 Å². The zero-order valence-corrected chi connectivity index (χ0v) is 18.0. The summed E-state index contributed by atoms with van der Waals surface area (Å²) in [6, 6.07) is 9.68. The van der Waals surface area contributed by atoms with E-state index in [1.54, 1.807) is 6.07 Å². The van der Waals surface area contributed by atoms with E-state index in [1.807, 2.05) is 6.07 Å². The first kappa shape index (κ1) is 21.7. The summed E-state index contributed by atoms with van der Waals surface area (Å²) < 4.78 is 48.8. The minimum absolute atomic E-state index is 0.000832. The maximum atomic E-state index is 14.7. The molecule has 1 atom stereocenters. The summed E-state index contributed by atoms with van der Waals surface area (Å²) in [5.41, 5.74) is 2.66. The number of fused-ring (bicyclic) bond motifs is 1. The summed E-state index contributed by atoms with van der Waals surface area (Å²) >= 11 is 0. The van der Waals surface area contributed by atoms with E-state index in [0.717, 1.165) is 42.1 Å². The lowest BCUT2D eigenvalue weighted by molar-refractivity contribution is 0.0693. The van der Waals surface area contributed by atoms with Crippen molar-refractivity contribution in [3.05, 3.63) is 82.4 Å². The summed E-state index contributed by atoms with van der Waals surface area (Å²) in [7, 11) is 0. The van der Waals surface area contributed by atoms with Crippen LogP contribution in [0.25, 0.3) is 5.69 Å². The Labute approximate surface area is 189 Å². The highest BCUT2D eigenvalue weighted by molar-refractivity contribution is 5.94. The van der Waals surface area contributed by atoms with Gasteiger partial charge in [-0.1, -0.05) is 12.1 Å². The lowest BCUT2D eigenvalue weighted by Gasteiger charge is -2.22. The second-order valence-corrected chi connectivity index (χ2v) is 8.65. The van der Waals surface area contributed by atoms with Gasteiger partial charge >= 0.3 is 0 Å². The molecular formula is C25H24F3N3O2. The molecule has 33 heavy (non-hydrogen) atoms. The Morgan fingerprint density at radius 1 is 1.06 bits per heavy atom. The number of nitrogens with one attached hydrogen (secondary N) is 1. The Morgan fingerprint density at radius 2 is 1.85 bits per heavy atom. The molecular weight excluding hydrogens is 431 g/mol. The lowest BCUT2D eigenvalue weighted by Crippen LogP contribution is -2.39. The molecule has 3 aromatic rings. The number of carbonyl (C=O) groups excluding carboxylic acids is 1. The van der Waals surface area contributed by atoms with Crippen molar-refractivity contribution in [3.8, 4) is 5.69 Å². The van der Waals surface area contributed by atoms with Gasteiger partial charge in [-0.2, -0.15) is 5.10 Å². The van der Waals surface area contributed by atoms with Gasteiger partial charge in [0.2, 0.25) is 0 Å². The summed E-state index contributed by atoms with van der Waals surface area (Å²) in [6.07, 6.45) is 3.31. The number of carbonyl (C=O) groups is 1. The third-order valence-electron chi connectivity index (χ3n) is 6.43. The number of nitrogens with zero attached hydrogens (tertiary/aromatic N) is 2. The van der Waals surface area contributed by atoms with Crippen LogP contribution in [0.4, 0.5) is 13.2 Å². The predicted molar refractivity (Wildman–Crippen MR) is 116 cm³/mol. The minimum atomic E-state index is -0.756. The van der Waals surface area contributed by atoms with Crippen molar-refractivity contribution in [1.29, 1.82) is 0 Å². The van der Waals surface area contributed by atoms with Gasteiger partial charge in [0, 0.05) is 36.8 Å². The van der Waals surface area contributed by atoms with Gasteiger partial charge in [0.1, 0.15) is 17.3 Å². The Kier molecular flexibility index (Phi) is 5.93. The van der Waals surface area contributed by atoms with Crippen LogP contribution in [0, 0.1) is 17.5 Å². The Balaban J connectivity index is 1.53. The average molecular weight is 455 g/mol. The van der Waals surface area contributed by atoms with Gasteiger partial charge in [0.15, 0.2) is 11.5 Å². The van der Waals surface area contributed by atoms with Crippen molar-refractivity contribution in [3.63, 3.8) is 0 Å². The van der Waals surface area contributed by atoms with Crippen molar-refractivity contribution in [2.24, 2.45) is 0 Å². The second-order valence-electron chi connectivity index (χ2n) is 8.65. The minimum Gasteiger partial charge on any atom is -0.381 e. The van der Waals surface area contributed by atoms with Crippen molar-refractivity contribution in [2.75, 3.05) is 13.2 Å². The molecule has 172 valence electrons. The molecule has 1 saturated heterocycles. The number of ether oxygens (including phenoxy) is 1. The molecule has 5 nitrogen and oxygen atoms in total. The smallest absolute Gasteiger partial charge is 0.272 e. The zero-order valence-electron chi connectivity index (χ0n) is 18.0. The van der Waals surface area contributed by atoms with Crippen LogP contribution in [0.5, 0.6) is 0 Å². The van der Waals surface area contributed by atoms with E-state index in [4.69, 9.17) is 4.74 Å². The fourth-order valence-electron chi connectivity index (χ4n) is 4.85. The van der Waals surface area contributed by atoms with Crippen LogP contribution in [0.2, 0.25) is 0 Å². The van der Waals surface area contributed by atoms with E-state index in [-0.39, 0.29) is 35.1 Å². The van der Waals surface area contributed by atoms with Crippen molar-refractivity contribution < 1.29 is 22.7 Å². The molecule has 0 bridgehead atoms. The highest BCUT2D eigenvalue weighted by Crippen LogP contribution is 2.39. The van der Waals surface area contributed by atoms with Gasteiger partial charge in [0.25, 0.3) is 5.91 Å². The second kappa shape index (κ2) is 9.02. The molecule has 5 rings (SSSR count). The number of rotatable bonds is 5. The Bertz CT molecular complexity index is 1190. The van der Waals surface area contributed by atoms with Gasteiger partial charge < -0.3 is 10.1 Å². The van der Waals surface area contributed by atoms with Crippen LogP contribution >= 0.6 is 0 Å². The summed E-state index contributed by atoms with van der Waals surface area (Å²) in [5.74, 6) is -2.14. The van der Waals surface area contributed by atoms with Crippen molar-refractivity contribution >= 4 is 5.91 Å². The molecule has 1 aliphatic carbocycles. The van der Waals surface area contributed by atoms with E-state index in [2.05, 4.69) is 10.4 Å².